The highest BCUT2D eigenvalue weighted by Gasteiger charge is 2.26. The summed E-state index contributed by atoms with van der Waals surface area (Å²) in [6.45, 7) is 1.01. The third-order valence-electron chi connectivity index (χ3n) is 3.35. The van der Waals surface area contributed by atoms with E-state index in [9.17, 15) is 14.0 Å². The summed E-state index contributed by atoms with van der Waals surface area (Å²) in [5.41, 5.74) is 5.63. The summed E-state index contributed by atoms with van der Waals surface area (Å²) in [7, 11) is 0. The lowest BCUT2D eigenvalue weighted by atomic mass is 9.96. The first-order valence-electron chi connectivity index (χ1n) is 6.06. The van der Waals surface area contributed by atoms with Gasteiger partial charge in [0.25, 0.3) is 0 Å². The van der Waals surface area contributed by atoms with Crippen molar-refractivity contribution in [2.75, 3.05) is 18.0 Å². The van der Waals surface area contributed by atoms with Crippen LogP contribution in [0.1, 0.15) is 23.2 Å². The van der Waals surface area contributed by atoms with Crippen LogP contribution >= 0.6 is 0 Å². The topological polar surface area (TPSA) is 83.6 Å². The predicted molar refractivity (Wildman–Crippen MR) is 67.5 cm³/mol. The Hall–Kier alpha value is -2.11. The first kappa shape index (κ1) is 13.3. The summed E-state index contributed by atoms with van der Waals surface area (Å²) in [6, 6.07) is 3.64. The van der Waals surface area contributed by atoms with Crippen LogP contribution in [-0.4, -0.2) is 30.1 Å². The Morgan fingerprint density at radius 1 is 1.42 bits per heavy atom. The molecule has 2 rings (SSSR count). The van der Waals surface area contributed by atoms with Crippen molar-refractivity contribution >= 4 is 17.6 Å². The molecule has 5 nitrogen and oxygen atoms in total. The number of carboxylic acids is 1. The molecule has 3 N–H and O–H groups in total. The fourth-order valence-corrected chi connectivity index (χ4v) is 2.38. The van der Waals surface area contributed by atoms with Gasteiger partial charge in [-0.15, -0.1) is 0 Å². The van der Waals surface area contributed by atoms with Crippen LogP contribution in [0.25, 0.3) is 0 Å². The zero-order valence-corrected chi connectivity index (χ0v) is 10.3. The van der Waals surface area contributed by atoms with E-state index in [1.807, 2.05) is 0 Å². The highest BCUT2D eigenvalue weighted by molar-refractivity contribution is 5.94. The van der Waals surface area contributed by atoms with Gasteiger partial charge in [-0.05, 0) is 31.0 Å². The SMILES string of the molecule is NC(=O)C1CCCN(c2ccc(F)cc2C(=O)O)C1. The first-order valence-corrected chi connectivity index (χ1v) is 6.06. The predicted octanol–water partition coefficient (Wildman–Crippen LogP) is 1.23. The molecule has 1 fully saturated rings. The van der Waals surface area contributed by atoms with Crippen LogP contribution in [0.4, 0.5) is 10.1 Å². The minimum atomic E-state index is -1.18. The van der Waals surface area contributed by atoms with Gasteiger partial charge in [-0.1, -0.05) is 0 Å². The van der Waals surface area contributed by atoms with Gasteiger partial charge in [-0.2, -0.15) is 0 Å². The zero-order chi connectivity index (χ0) is 14.0. The highest BCUT2D eigenvalue weighted by atomic mass is 19.1. The maximum absolute atomic E-state index is 13.1. The molecule has 19 heavy (non-hydrogen) atoms. The van der Waals surface area contributed by atoms with Gasteiger partial charge in [0.15, 0.2) is 0 Å². The van der Waals surface area contributed by atoms with Crippen molar-refractivity contribution in [2.24, 2.45) is 11.7 Å². The molecule has 1 aliphatic rings. The van der Waals surface area contributed by atoms with Gasteiger partial charge in [0.1, 0.15) is 5.82 Å². The van der Waals surface area contributed by atoms with E-state index >= 15 is 0 Å². The molecule has 1 heterocycles. The molecule has 0 saturated carbocycles. The Labute approximate surface area is 109 Å². The third kappa shape index (κ3) is 2.83. The van der Waals surface area contributed by atoms with Crippen LogP contribution < -0.4 is 10.6 Å². The molecule has 0 spiro atoms. The molecule has 1 aromatic rings. The van der Waals surface area contributed by atoms with Gasteiger partial charge in [0, 0.05) is 13.1 Å². The fraction of sp³-hybridized carbons (Fsp3) is 0.385. The summed E-state index contributed by atoms with van der Waals surface area (Å²) in [4.78, 5) is 24.2. The second kappa shape index (κ2) is 5.26. The summed E-state index contributed by atoms with van der Waals surface area (Å²) >= 11 is 0. The number of amides is 1. The average molecular weight is 266 g/mol. The number of nitrogens with zero attached hydrogens (tertiary/aromatic N) is 1. The minimum Gasteiger partial charge on any atom is -0.478 e. The average Bonchev–Trinajstić information content (AvgIpc) is 2.38. The Morgan fingerprint density at radius 2 is 2.16 bits per heavy atom. The molecular formula is C13H15FN2O3. The van der Waals surface area contributed by atoms with E-state index in [4.69, 9.17) is 10.8 Å². The van der Waals surface area contributed by atoms with Crippen molar-refractivity contribution in [3.63, 3.8) is 0 Å². The third-order valence-corrected chi connectivity index (χ3v) is 3.35. The molecule has 0 bridgehead atoms. The monoisotopic (exact) mass is 266 g/mol. The van der Waals surface area contributed by atoms with Crippen LogP contribution in [0, 0.1) is 11.7 Å². The molecular weight excluding hydrogens is 251 g/mol. The van der Waals surface area contributed by atoms with E-state index < -0.39 is 11.8 Å². The number of rotatable bonds is 3. The normalized spacial score (nSPS) is 19.2. The Kier molecular flexibility index (Phi) is 3.69. The lowest BCUT2D eigenvalue weighted by Crippen LogP contribution is -2.41. The number of carbonyl (C=O) groups is 2. The van der Waals surface area contributed by atoms with Gasteiger partial charge >= 0.3 is 5.97 Å². The van der Waals surface area contributed by atoms with Crippen molar-refractivity contribution in [3.8, 4) is 0 Å². The van der Waals surface area contributed by atoms with E-state index in [2.05, 4.69) is 0 Å². The number of hydrogen-bond acceptors (Lipinski definition) is 3. The standard InChI is InChI=1S/C13H15FN2O3/c14-9-3-4-11(10(6-9)13(18)19)16-5-1-2-8(7-16)12(15)17/h3-4,6,8H,1-2,5,7H2,(H2,15,17)(H,18,19). The van der Waals surface area contributed by atoms with Crippen molar-refractivity contribution in [3.05, 3.63) is 29.6 Å². The van der Waals surface area contributed by atoms with E-state index in [0.717, 1.165) is 12.5 Å². The Bertz CT molecular complexity index is 519. The molecule has 1 aliphatic heterocycles. The van der Waals surface area contributed by atoms with Crippen molar-refractivity contribution in [1.82, 2.24) is 0 Å². The summed E-state index contributed by atoms with van der Waals surface area (Å²) < 4.78 is 13.1. The van der Waals surface area contributed by atoms with Gasteiger partial charge in [0.05, 0.1) is 17.2 Å². The van der Waals surface area contributed by atoms with Gasteiger partial charge < -0.3 is 15.7 Å². The quantitative estimate of drug-likeness (QED) is 0.861. The summed E-state index contributed by atoms with van der Waals surface area (Å²) in [5.74, 6) is -2.45. The zero-order valence-electron chi connectivity index (χ0n) is 10.3. The number of hydrogen-bond donors (Lipinski definition) is 2. The van der Waals surface area contributed by atoms with Crippen LogP contribution in [0.3, 0.4) is 0 Å². The number of aromatic carboxylic acids is 1. The van der Waals surface area contributed by atoms with Crippen molar-refractivity contribution in [1.29, 1.82) is 0 Å². The number of halogens is 1. The molecule has 1 atom stereocenters. The largest absolute Gasteiger partial charge is 0.478 e. The fourth-order valence-electron chi connectivity index (χ4n) is 2.38. The highest BCUT2D eigenvalue weighted by Crippen LogP contribution is 2.27. The molecule has 1 amide bonds. The maximum Gasteiger partial charge on any atom is 0.337 e. The number of anilines is 1. The summed E-state index contributed by atoms with van der Waals surface area (Å²) in [6.07, 6.45) is 1.46. The molecule has 1 saturated heterocycles. The lowest BCUT2D eigenvalue weighted by molar-refractivity contribution is -0.122. The van der Waals surface area contributed by atoms with Gasteiger partial charge in [0.2, 0.25) is 5.91 Å². The van der Waals surface area contributed by atoms with E-state index in [1.165, 1.54) is 12.1 Å². The van der Waals surface area contributed by atoms with Crippen LogP contribution in [0.15, 0.2) is 18.2 Å². The van der Waals surface area contributed by atoms with E-state index in [0.29, 0.717) is 25.2 Å². The molecule has 0 aromatic heterocycles. The van der Waals surface area contributed by atoms with Crippen LogP contribution in [0.5, 0.6) is 0 Å². The summed E-state index contributed by atoms with van der Waals surface area (Å²) in [5, 5.41) is 9.11. The number of nitrogens with two attached hydrogens (primary N) is 1. The number of carbonyl (C=O) groups excluding carboxylic acids is 1. The van der Waals surface area contributed by atoms with Crippen molar-refractivity contribution in [2.45, 2.75) is 12.8 Å². The second-order valence-corrected chi connectivity index (χ2v) is 4.65. The lowest BCUT2D eigenvalue weighted by Gasteiger charge is -2.33. The number of carboxylic acid groups (broad SMARTS) is 1. The smallest absolute Gasteiger partial charge is 0.337 e. The first-order chi connectivity index (χ1) is 8.99. The Balaban J connectivity index is 2.30. The second-order valence-electron chi connectivity index (χ2n) is 4.65. The van der Waals surface area contributed by atoms with Gasteiger partial charge in [-0.25, -0.2) is 9.18 Å². The molecule has 6 heteroatoms. The maximum atomic E-state index is 13.1. The van der Waals surface area contributed by atoms with Gasteiger partial charge in [-0.3, -0.25) is 4.79 Å². The number of benzene rings is 1. The van der Waals surface area contributed by atoms with Crippen molar-refractivity contribution < 1.29 is 19.1 Å². The minimum absolute atomic E-state index is 0.0925. The van der Waals surface area contributed by atoms with Crippen LogP contribution in [-0.2, 0) is 4.79 Å². The van der Waals surface area contributed by atoms with E-state index in [1.54, 1.807) is 4.90 Å². The van der Waals surface area contributed by atoms with Crippen LogP contribution in [0.2, 0.25) is 0 Å². The molecule has 1 unspecified atom stereocenters. The number of primary amides is 1. The molecule has 0 aliphatic carbocycles. The Morgan fingerprint density at radius 3 is 2.79 bits per heavy atom. The molecule has 1 aromatic carbocycles. The van der Waals surface area contributed by atoms with E-state index in [-0.39, 0.29) is 17.4 Å². The number of piperidine rings is 1. The molecule has 102 valence electrons. The molecule has 0 radical (unpaired) electrons.